The first kappa shape index (κ1) is 10.4. The lowest BCUT2D eigenvalue weighted by molar-refractivity contribution is -0.135. The Balaban J connectivity index is 2.36. The van der Waals surface area contributed by atoms with E-state index >= 15 is 0 Å². The van der Waals surface area contributed by atoms with Crippen molar-refractivity contribution < 1.29 is 9.90 Å². The second kappa shape index (κ2) is 4.14. The quantitative estimate of drug-likeness (QED) is 0.832. The van der Waals surface area contributed by atoms with E-state index in [1.54, 1.807) is 11.8 Å². The molecule has 0 aliphatic carbocycles. The molecule has 0 unspecified atom stereocenters. The summed E-state index contributed by atoms with van der Waals surface area (Å²) in [6.07, 6.45) is 0. The molecule has 0 bridgehead atoms. The number of fused-ring (bicyclic) bond motifs is 1. The predicted molar refractivity (Wildman–Crippen MR) is 61.8 cm³/mol. The molecule has 1 aromatic rings. The molecule has 0 fully saturated rings. The second-order valence-electron chi connectivity index (χ2n) is 3.59. The molecule has 0 radical (unpaired) electrons. The van der Waals surface area contributed by atoms with Crippen LogP contribution in [-0.2, 0) is 4.79 Å². The van der Waals surface area contributed by atoms with Crippen LogP contribution < -0.4 is 4.90 Å². The summed E-state index contributed by atoms with van der Waals surface area (Å²) in [4.78, 5) is 13.9. The predicted octanol–water partition coefficient (Wildman–Crippen LogP) is 1.99. The highest BCUT2D eigenvalue weighted by atomic mass is 32.2. The van der Waals surface area contributed by atoms with Gasteiger partial charge >= 0.3 is 5.97 Å². The number of carboxylic acid groups (broad SMARTS) is 1. The highest BCUT2D eigenvalue weighted by Gasteiger charge is 2.20. The van der Waals surface area contributed by atoms with Crippen molar-refractivity contribution in [2.75, 3.05) is 23.7 Å². The van der Waals surface area contributed by atoms with Gasteiger partial charge in [0.1, 0.15) is 6.54 Å². The largest absolute Gasteiger partial charge is 0.480 e. The summed E-state index contributed by atoms with van der Waals surface area (Å²) in [6, 6.07) is 6.10. The molecule has 4 heteroatoms. The molecule has 0 atom stereocenters. The van der Waals surface area contributed by atoms with E-state index in [4.69, 9.17) is 5.11 Å². The van der Waals surface area contributed by atoms with E-state index in [9.17, 15) is 4.79 Å². The molecule has 1 aliphatic heterocycles. The first-order valence-corrected chi connectivity index (χ1v) is 5.86. The number of aryl methyl sites for hydroxylation is 1. The van der Waals surface area contributed by atoms with Crippen LogP contribution in [0.2, 0.25) is 0 Å². The van der Waals surface area contributed by atoms with E-state index in [1.807, 2.05) is 24.0 Å². The van der Waals surface area contributed by atoms with Crippen molar-refractivity contribution >= 4 is 23.4 Å². The van der Waals surface area contributed by atoms with Crippen LogP contribution in [0.1, 0.15) is 5.56 Å². The standard InChI is InChI=1S/C11H13NO2S/c1-8-3-2-4-9-11(8)12(5-6-15-9)7-10(13)14/h2-4H,5-7H2,1H3,(H,13,14). The van der Waals surface area contributed by atoms with E-state index in [-0.39, 0.29) is 6.54 Å². The van der Waals surface area contributed by atoms with Gasteiger partial charge in [-0.05, 0) is 18.6 Å². The van der Waals surface area contributed by atoms with Crippen molar-refractivity contribution in [3.63, 3.8) is 0 Å². The van der Waals surface area contributed by atoms with E-state index in [0.29, 0.717) is 0 Å². The number of carbonyl (C=O) groups is 1. The van der Waals surface area contributed by atoms with Crippen LogP contribution >= 0.6 is 11.8 Å². The van der Waals surface area contributed by atoms with Crippen LogP contribution in [-0.4, -0.2) is 29.9 Å². The zero-order chi connectivity index (χ0) is 10.8. The molecule has 2 rings (SSSR count). The Labute approximate surface area is 93.1 Å². The average molecular weight is 223 g/mol. The van der Waals surface area contributed by atoms with Crippen molar-refractivity contribution in [3.8, 4) is 0 Å². The highest BCUT2D eigenvalue weighted by Crippen LogP contribution is 2.36. The van der Waals surface area contributed by atoms with Gasteiger partial charge in [-0.2, -0.15) is 0 Å². The van der Waals surface area contributed by atoms with Gasteiger partial charge in [-0.15, -0.1) is 11.8 Å². The summed E-state index contributed by atoms with van der Waals surface area (Å²) in [5.41, 5.74) is 2.25. The fraction of sp³-hybridized carbons (Fsp3) is 0.364. The monoisotopic (exact) mass is 223 g/mol. The van der Waals surface area contributed by atoms with Crippen molar-refractivity contribution in [2.24, 2.45) is 0 Å². The molecular formula is C11H13NO2S. The van der Waals surface area contributed by atoms with Gasteiger partial charge in [0.15, 0.2) is 0 Å². The van der Waals surface area contributed by atoms with E-state index in [1.165, 1.54) is 4.90 Å². The van der Waals surface area contributed by atoms with Crippen molar-refractivity contribution in [1.29, 1.82) is 0 Å². The second-order valence-corrected chi connectivity index (χ2v) is 4.72. The number of aliphatic carboxylic acids is 1. The summed E-state index contributed by atoms with van der Waals surface area (Å²) < 4.78 is 0. The van der Waals surface area contributed by atoms with Crippen LogP contribution in [0.25, 0.3) is 0 Å². The number of benzene rings is 1. The van der Waals surface area contributed by atoms with Crippen LogP contribution in [0.5, 0.6) is 0 Å². The number of carboxylic acids is 1. The highest BCUT2D eigenvalue weighted by molar-refractivity contribution is 7.99. The lowest BCUT2D eigenvalue weighted by Gasteiger charge is -2.30. The number of rotatable bonds is 2. The van der Waals surface area contributed by atoms with Gasteiger partial charge in [-0.25, -0.2) is 0 Å². The summed E-state index contributed by atoms with van der Waals surface area (Å²) in [6.45, 7) is 2.94. The Morgan fingerprint density at radius 3 is 3.13 bits per heavy atom. The number of anilines is 1. The minimum atomic E-state index is -0.767. The number of hydrogen-bond acceptors (Lipinski definition) is 3. The van der Waals surface area contributed by atoms with Crippen LogP contribution in [0, 0.1) is 6.92 Å². The first-order chi connectivity index (χ1) is 7.18. The van der Waals surface area contributed by atoms with Crippen LogP contribution in [0.3, 0.4) is 0 Å². The molecule has 0 saturated heterocycles. The maximum absolute atomic E-state index is 10.7. The fourth-order valence-corrected chi connectivity index (χ4v) is 2.99. The zero-order valence-corrected chi connectivity index (χ0v) is 9.38. The number of nitrogens with zero attached hydrogens (tertiary/aromatic N) is 1. The zero-order valence-electron chi connectivity index (χ0n) is 8.56. The molecule has 1 heterocycles. The van der Waals surface area contributed by atoms with E-state index in [0.717, 1.165) is 23.5 Å². The van der Waals surface area contributed by atoms with Crippen LogP contribution in [0.15, 0.2) is 23.1 Å². The summed E-state index contributed by atoms with van der Waals surface area (Å²) >= 11 is 1.80. The summed E-state index contributed by atoms with van der Waals surface area (Å²) in [7, 11) is 0. The van der Waals surface area contributed by atoms with Gasteiger partial charge < -0.3 is 10.0 Å². The van der Waals surface area contributed by atoms with Gasteiger partial charge in [0.25, 0.3) is 0 Å². The van der Waals surface area contributed by atoms with Crippen LogP contribution in [0.4, 0.5) is 5.69 Å². The molecule has 1 N–H and O–H groups in total. The van der Waals surface area contributed by atoms with Gasteiger partial charge in [0.2, 0.25) is 0 Å². The third kappa shape index (κ3) is 2.09. The molecule has 15 heavy (non-hydrogen) atoms. The van der Waals surface area contributed by atoms with Crippen molar-refractivity contribution in [2.45, 2.75) is 11.8 Å². The lowest BCUT2D eigenvalue weighted by Crippen LogP contribution is -2.34. The average Bonchev–Trinajstić information content (AvgIpc) is 2.17. The number of hydrogen-bond donors (Lipinski definition) is 1. The maximum atomic E-state index is 10.7. The van der Waals surface area contributed by atoms with E-state index < -0.39 is 5.97 Å². The molecule has 3 nitrogen and oxygen atoms in total. The van der Waals surface area contributed by atoms with Crippen molar-refractivity contribution in [1.82, 2.24) is 0 Å². The number of para-hydroxylation sites is 1. The summed E-state index contributed by atoms with van der Waals surface area (Å²) in [5.74, 6) is 0.195. The van der Waals surface area contributed by atoms with Gasteiger partial charge in [0.05, 0.1) is 5.69 Å². The third-order valence-electron chi connectivity index (χ3n) is 2.46. The maximum Gasteiger partial charge on any atom is 0.323 e. The Morgan fingerprint density at radius 2 is 2.40 bits per heavy atom. The van der Waals surface area contributed by atoms with Crippen molar-refractivity contribution in [3.05, 3.63) is 23.8 Å². The Hall–Kier alpha value is -1.16. The molecule has 1 aromatic carbocycles. The van der Waals surface area contributed by atoms with Gasteiger partial charge in [-0.1, -0.05) is 12.1 Å². The fourth-order valence-electron chi connectivity index (χ4n) is 1.85. The minimum Gasteiger partial charge on any atom is -0.480 e. The molecule has 1 aliphatic rings. The van der Waals surface area contributed by atoms with Gasteiger partial charge in [-0.3, -0.25) is 4.79 Å². The Kier molecular flexibility index (Phi) is 2.86. The Bertz CT molecular complexity index is 392. The molecule has 0 saturated carbocycles. The number of thioether (sulfide) groups is 1. The molecule has 0 spiro atoms. The molecule has 80 valence electrons. The molecule has 0 aromatic heterocycles. The van der Waals surface area contributed by atoms with E-state index in [2.05, 4.69) is 6.07 Å². The first-order valence-electron chi connectivity index (χ1n) is 4.87. The minimum absolute atomic E-state index is 0.0956. The molecule has 0 amide bonds. The Morgan fingerprint density at radius 1 is 1.60 bits per heavy atom. The molecular weight excluding hydrogens is 210 g/mol. The lowest BCUT2D eigenvalue weighted by atomic mass is 10.1. The normalized spacial score (nSPS) is 14.9. The third-order valence-corrected chi connectivity index (χ3v) is 3.49. The smallest absolute Gasteiger partial charge is 0.323 e. The summed E-state index contributed by atoms with van der Waals surface area (Å²) in [5, 5.41) is 8.83. The SMILES string of the molecule is Cc1cccc2c1N(CC(=O)O)CCS2. The van der Waals surface area contributed by atoms with Gasteiger partial charge in [0, 0.05) is 17.2 Å². The topological polar surface area (TPSA) is 40.5 Å².